The molecule has 0 aromatic rings. The molecule has 0 atom stereocenters. The highest BCUT2D eigenvalue weighted by Gasteiger charge is 1.97. The molecule has 35 heavy (non-hydrogen) atoms. The van der Waals surface area contributed by atoms with Crippen molar-refractivity contribution in [2.45, 2.75) is 53.9 Å². The molecule has 0 aliphatic rings. The quantitative estimate of drug-likeness (QED) is 0.179. The van der Waals surface area contributed by atoms with Crippen LogP contribution in [0.3, 0.4) is 0 Å². The number of hydrogen-bond acceptors (Lipinski definition) is 8. The number of sulfonamides is 1. The number of allylic oxidation sites excluding steroid dienone is 3. The van der Waals surface area contributed by atoms with Crippen molar-refractivity contribution in [2.24, 2.45) is 0 Å². The number of carbonyl (C=O) groups is 2. The molecular formula is C24H52N6O4S. The van der Waals surface area contributed by atoms with Gasteiger partial charge in [-0.05, 0) is 59.8 Å². The van der Waals surface area contributed by atoms with Gasteiger partial charge in [-0.3, -0.25) is 4.79 Å². The Bertz CT molecular complexity index is 678. The molecule has 10 nitrogen and oxygen atoms in total. The third-order valence-electron chi connectivity index (χ3n) is 3.47. The molecule has 0 aromatic carbocycles. The smallest absolute Gasteiger partial charge is 0.216 e. The summed E-state index contributed by atoms with van der Waals surface area (Å²) in [5.74, 6) is 0.301. The van der Waals surface area contributed by atoms with E-state index in [1.54, 1.807) is 6.92 Å². The molecule has 0 spiro atoms. The highest BCUT2D eigenvalue weighted by molar-refractivity contribution is 7.88. The lowest BCUT2D eigenvalue weighted by atomic mass is 10.2. The third kappa shape index (κ3) is 65.2. The Morgan fingerprint density at radius 3 is 1.43 bits per heavy atom. The highest BCUT2D eigenvalue weighted by Crippen LogP contribution is 1.93. The summed E-state index contributed by atoms with van der Waals surface area (Å²) in [5, 5.41) is 14.4. The van der Waals surface area contributed by atoms with Crippen molar-refractivity contribution in [1.29, 1.82) is 0 Å². The van der Waals surface area contributed by atoms with Gasteiger partial charge in [0.15, 0.2) is 0 Å². The monoisotopic (exact) mass is 520 g/mol. The van der Waals surface area contributed by atoms with Crippen LogP contribution >= 0.6 is 0 Å². The van der Waals surface area contributed by atoms with Gasteiger partial charge >= 0.3 is 0 Å². The lowest BCUT2D eigenvalue weighted by molar-refractivity contribution is -0.119. The Balaban J connectivity index is -0.000000189. The van der Waals surface area contributed by atoms with Gasteiger partial charge in [0.05, 0.1) is 6.26 Å². The minimum atomic E-state index is -3.04. The van der Waals surface area contributed by atoms with Crippen molar-refractivity contribution >= 4 is 21.7 Å². The predicted octanol–water partition coefficient (Wildman–Crippen LogP) is 1.61. The van der Waals surface area contributed by atoms with Crippen LogP contribution in [0.15, 0.2) is 36.8 Å². The maximum Gasteiger partial charge on any atom is 0.216 e. The molecule has 0 bridgehead atoms. The van der Waals surface area contributed by atoms with E-state index in [0.29, 0.717) is 25.4 Å². The Kier molecular flexibility index (Phi) is 31.7. The highest BCUT2D eigenvalue weighted by atomic mass is 32.2. The van der Waals surface area contributed by atoms with Gasteiger partial charge < -0.3 is 31.4 Å². The molecule has 6 N–H and O–H groups in total. The number of ketones is 1. The van der Waals surface area contributed by atoms with Gasteiger partial charge in [0.2, 0.25) is 15.9 Å². The fourth-order valence-electron chi connectivity index (χ4n) is 1.70. The zero-order valence-electron chi connectivity index (χ0n) is 23.3. The average molecular weight is 521 g/mol. The first-order chi connectivity index (χ1) is 16.1. The van der Waals surface area contributed by atoms with E-state index in [1.165, 1.54) is 6.92 Å². The molecule has 0 fully saturated rings. The standard InChI is InChI=1S/C7H14N2O.C7H15NO.C6H14N2O2S.C4H9N/c1-6(2)8-4-5-9-7(3)10;1-7(9)5-3-4-6-8-2;1-6(2)7-4-5-8-11(3,9)10;1-4(2)5-3/h8H,1,4-5H2,2-3H3,(H,9,10);8H,3-6H2,1-2H3;7-8H,1,4-5H2,2-3H3;5H,1H2,2-3H3. The van der Waals surface area contributed by atoms with Crippen LogP contribution in [0.1, 0.15) is 53.9 Å². The second kappa shape index (κ2) is 27.9. The zero-order chi connectivity index (χ0) is 28.3. The van der Waals surface area contributed by atoms with E-state index in [4.69, 9.17) is 0 Å². The fraction of sp³-hybridized carbons (Fsp3) is 0.667. The number of Topliss-reactive ketones (excluding diaryl/α,β-unsaturated/α-hetero) is 1. The average Bonchev–Trinajstić information content (AvgIpc) is 2.72. The molecule has 1 amide bonds. The van der Waals surface area contributed by atoms with E-state index in [2.05, 4.69) is 51.0 Å². The van der Waals surface area contributed by atoms with Crippen molar-refractivity contribution < 1.29 is 18.0 Å². The predicted molar refractivity (Wildman–Crippen MR) is 149 cm³/mol. The van der Waals surface area contributed by atoms with E-state index < -0.39 is 10.0 Å². The first-order valence-electron chi connectivity index (χ1n) is 11.5. The maximum atomic E-state index is 10.5. The summed E-state index contributed by atoms with van der Waals surface area (Å²) in [6, 6.07) is 0. The molecule has 0 heterocycles. The first kappa shape index (κ1) is 39.8. The molecule has 0 radical (unpaired) electrons. The van der Waals surface area contributed by atoms with E-state index in [1.807, 2.05) is 34.9 Å². The number of hydrogen-bond donors (Lipinski definition) is 6. The van der Waals surface area contributed by atoms with E-state index >= 15 is 0 Å². The van der Waals surface area contributed by atoms with E-state index in [0.717, 1.165) is 55.7 Å². The largest absolute Gasteiger partial charge is 0.392 e. The van der Waals surface area contributed by atoms with Crippen molar-refractivity contribution in [1.82, 2.24) is 31.3 Å². The fourth-order valence-corrected chi connectivity index (χ4v) is 2.18. The van der Waals surface area contributed by atoms with Crippen LogP contribution in [0.2, 0.25) is 0 Å². The molecule has 0 saturated heterocycles. The van der Waals surface area contributed by atoms with Crippen LogP contribution in [0, 0.1) is 0 Å². The molecule has 0 rings (SSSR count). The molecule has 0 aromatic heterocycles. The van der Waals surface area contributed by atoms with E-state index in [9.17, 15) is 18.0 Å². The normalized spacial score (nSPS) is 9.37. The summed E-state index contributed by atoms with van der Waals surface area (Å²) in [4.78, 5) is 20.7. The summed E-state index contributed by atoms with van der Waals surface area (Å²) < 4.78 is 23.4. The summed E-state index contributed by atoms with van der Waals surface area (Å²) in [6.45, 7) is 23.0. The van der Waals surface area contributed by atoms with Crippen LogP contribution < -0.4 is 31.3 Å². The first-order valence-corrected chi connectivity index (χ1v) is 13.4. The van der Waals surface area contributed by atoms with Gasteiger partial charge in [-0.15, -0.1) is 0 Å². The molecule has 0 unspecified atom stereocenters. The Labute approximate surface area is 214 Å². The molecule has 0 aliphatic heterocycles. The zero-order valence-corrected chi connectivity index (χ0v) is 24.1. The third-order valence-corrected chi connectivity index (χ3v) is 4.20. The lowest BCUT2D eigenvalue weighted by Crippen LogP contribution is -2.30. The minimum Gasteiger partial charge on any atom is -0.392 e. The summed E-state index contributed by atoms with van der Waals surface area (Å²) in [6.07, 6.45) is 4.00. The van der Waals surface area contributed by atoms with Gasteiger partial charge in [0, 0.05) is 58.0 Å². The summed E-state index contributed by atoms with van der Waals surface area (Å²) in [5.41, 5.74) is 2.76. The second-order valence-corrected chi connectivity index (χ2v) is 9.69. The molecule has 11 heteroatoms. The van der Waals surface area contributed by atoms with Gasteiger partial charge in [-0.25, -0.2) is 13.1 Å². The van der Waals surface area contributed by atoms with E-state index in [-0.39, 0.29) is 5.91 Å². The second-order valence-electron chi connectivity index (χ2n) is 7.86. The minimum absolute atomic E-state index is 0.00325. The Morgan fingerprint density at radius 2 is 1.11 bits per heavy atom. The number of amides is 1. The SMILES string of the molecule is C=C(C)NC.C=C(C)NCCNC(C)=O.C=C(C)NCCNS(C)(=O)=O.CNCCCCC(C)=O. The molecule has 0 aliphatic carbocycles. The molecule has 0 saturated carbocycles. The van der Waals surface area contributed by atoms with Crippen LogP contribution in [0.4, 0.5) is 0 Å². The summed E-state index contributed by atoms with van der Waals surface area (Å²) in [7, 11) is 0.732. The van der Waals surface area contributed by atoms with Crippen LogP contribution in [0.5, 0.6) is 0 Å². The molecule has 208 valence electrons. The number of unbranched alkanes of at least 4 members (excludes halogenated alkanes) is 1. The number of nitrogens with one attached hydrogen (secondary N) is 6. The van der Waals surface area contributed by atoms with Crippen LogP contribution in [-0.4, -0.2) is 73.2 Å². The van der Waals surface area contributed by atoms with Crippen molar-refractivity contribution in [3.63, 3.8) is 0 Å². The Hall–Kier alpha value is -2.37. The van der Waals surface area contributed by atoms with Crippen LogP contribution in [0.25, 0.3) is 0 Å². The number of carbonyl (C=O) groups excluding carboxylic acids is 2. The number of rotatable bonds is 15. The van der Waals surface area contributed by atoms with Crippen molar-refractivity contribution in [3.8, 4) is 0 Å². The summed E-state index contributed by atoms with van der Waals surface area (Å²) >= 11 is 0. The van der Waals surface area contributed by atoms with Gasteiger partial charge in [0.1, 0.15) is 5.78 Å². The maximum absolute atomic E-state index is 10.5. The van der Waals surface area contributed by atoms with Crippen molar-refractivity contribution in [3.05, 3.63) is 36.8 Å². The lowest BCUT2D eigenvalue weighted by Gasteiger charge is -2.04. The van der Waals surface area contributed by atoms with Gasteiger partial charge in [0.25, 0.3) is 0 Å². The molecular weight excluding hydrogens is 468 g/mol. The topological polar surface area (TPSA) is 140 Å². The van der Waals surface area contributed by atoms with Crippen LogP contribution in [-0.2, 0) is 19.6 Å². The van der Waals surface area contributed by atoms with Gasteiger partial charge in [-0.1, -0.05) is 19.7 Å². The Morgan fingerprint density at radius 1 is 0.686 bits per heavy atom. The van der Waals surface area contributed by atoms with Crippen molar-refractivity contribution in [2.75, 3.05) is 53.1 Å². The van der Waals surface area contributed by atoms with Gasteiger partial charge in [-0.2, -0.15) is 0 Å².